The molecule has 0 aliphatic rings. The Hall–Kier alpha value is -1.44. The lowest BCUT2D eigenvalue weighted by Crippen LogP contribution is -2.14. The third kappa shape index (κ3) is 2.53. The van der Waals surface area contributed by atoms with Gasteiger partial charge in [-0.3, -0.25) is 9.82 Å². The summed E-state index contributed by atoms with van der Waals surface area (Å²) in [5.41, 5.74) is 5.71. The normalized spacial score (nSPS) is 11.4. The molecule has 0 amide bonds. The summed E-state index contributed by atoms with van der Waals surface area (Å²) in [7, 11) is -3.79. The van der Waals surface area contributed by atoms with Crippen LogP contribution in [0.4, 0.5) is 11.5 Å². The van der Waals surface area contributed by atoms with Gasteiger partial charge in [0.05, 0.1) is 26.8 Å². The average molecular weight is 307 g/mol. The van der Waals surface area contributed by atoms with Crippen molar-refractivity contribution in [1.82, 2.24) is 10.2 Å². The van der Waals surface area contributed by atoms with E-state index in [1.807, 2.05) is 0 Å². The number of anilines is 2. The molecule has 0 atom stereocenters. The fourth-order valence-electron chi connectivity index (χ4n) is 1.21. The summed E-state index contributed by atoms with van der Waals surface area (Å²) < 4.78 is 26.3. The van der Waals surface area contributed by atoms with Gasteiger partial charge in [0, 0.05) is 0 Å². The smallest absolute Gasteiger partial charge is 0.263 e. The standard InChI is InChI=1S/C9H8Cl2N4O2S/c10-6-2-1-5(3-7(6)11)18(16,17)15-9-8(12)4-13-14-9/h1-4H,12H2,(H2,13,14,15). The van der Waals surface area contributed by atoms with Gasteiger partial charge in [0.15, 0.2) is 5.82 Å². The highest BCUT2D eigenvalue weighted by molar-refractivity contribution is 7.92. The van der Waals surface area contributed by atoms with Crippen molar-refractivity contribution in [2.45, 2.75) is 4.90 Å². The molecule has 2 rings (SSSR count). The van der Waals surface area contributed by atoms with E-state index < -0.39 is 10.0 Å². The van der Waals surface area contributed by atoms with Crippen molar-refractivity contribution < 1.29 is 8.42 Å². The maximum Gasteiger partial charge on any atom is 0.263 e. The van der Waals surface area contributed by atoms with E-state index in [0.717, 1.165) is 0 Å². The van der Waals surface area contributed by atoms with E-state index in [-0.39, 0.29) is 26.4 Å². The molecule has 0 saturated heterocycles. The second-order valence-corrected chi connectivity index (χ2v) is 5.88. The Morgan fingerprint density at radius 2 is 2.00 bits per heavy atom. The number of nitrogen functional groups attached to an aromatic ring is 1. The maximum absolute atomic E-state index is 12.0. The minimum Gasteiger partial charge on any atom is -0.394 e. The second-order valence-electron chi connectivity index (χ2n) is 3.38. The number of aromatic nitrogens is 2. The molecule has 6 nitrogen and oxygen atoms in total. The molecular formula is C9H8Cl2N4O2S. The van der Waals surface area contributed by atoms with Gasteiger partial charge in [-0.1, -0.05) is 23.2 Å². The lowest BCUT2D eigenvalue weighted by molar-refractivity contribution is 0.601. The molecule has 9 heteroatoms. The SMILES string of the molecule is Nc1cn[nH]c1NS(=O)(=O)c1ccc(Cl)c(Cl)c1. The molecule has 0 aliphatic carbocycles. The molecule has 18 heavy (non-hydrogen) atoms. The summed E-state index contributed by atoms with van der Waals surface area (Å²) in [6.45, 7) is 0. The number of nitrogens with two attached hydrogens (primary N) is 1. The summed E-state index contributed by atoms with van der Waals surface area (Å²) in [5.74, 6) is 0.0982. The number of benzene rings is 1. The van der Waals surface area contributed by atoms with E-state index in [4.69, 9.17) is 28.9 Å². The van der Waals surface area contributed by atoms with Crippen molar-refractivity contribution in [1.29, 1.82) is 0 Å². The molecule has 2 aromatic rings. The number of nitrogens with zero attached hydrogens (tertiary/aromatic N) is 1. The molecule has 0 radical (unpaired) electrons. The van der Waals surface area contributed by atoms with E-state index in [1.54, 1.807) is 0 Å². The molecule has 4 N–H and O–H groups in total. The van der Waals surface area contributed by atoms with Crippen molar-refractivity contribution >= 4 is 44.7 Å². The largest absolute Gasteiger partial charge is 0.394 e. The van der Waals surface area contributed by atoms with E-state index in [2.05, 4.69) is 14.9 Å². The molecule has 0 fully saturated rings. The number of halogens is 2. The van der Waals surface area contributed by atoms with Crippen molar-refractivity contribution in [3.63, 3.8) is 0 Å². The Balaban J connectivity index is 2.37. The van der Waals surface area contributed by atoms with Gasteiger partial charge in [-0.05, 0) is 18.2 Å². The van der Waals surface area contributed by atoms with Gasteiger partial charge in [0.25, 0.3) is 10.0 Å². The van der Waals surface area contributed by atoms with E-state index in [0.29, 0.717) is 0 Å². The predicted molar refractivity (Wildman–Crippen MR) is 70.3 cm³/mol. The topological polar surface area (TPSA) is 101 Å². The van der Waals surface area contributed by atoms with Crippen LogP contribution < -0.4 is 10.5 Å². The molecule has 1 heterocycles. The van der Waals surface area contributed by atoms with Crippen LogP contribution in [-0.4, -0.2) is 18.6 Å². The highest BCUT2D eigenvalue weighted by atomic mass is 35.5. The van der Waals surface area contributed by atoms with Gasteiger partial charge in [0.1, 0.15) is 0 Å². The Bertz CT molecular complexity index is 684. The zero-order chi connectivity index (χ0) is 13.3. The van der Waals surface area contributed by atoms with Crippen LogP contribution in [0.2, 0.25) is 10.0 Å². The molecule has 0 saturated carbocycles. The molecule has 1 aromatic carbocycles. The number of sulfonamides is 1. The summed E-state index contributed by atoms with van der Waals surface area (Å²) in [4.78, 5) is -0.0223. The first kappa shape index (κ1) is 13.0. The van der Waals surface area contributed by atoms with Crippen molar-refractivity contribution in [3.8, 4) is 0 Å². The average Bonchev–Trinajstić information content (AvgIpc) is 2.67. The van der Waals surface area contributed by atoms with E-state index in [1.165, 1.54) is 24.4 Å². The monoisotopic (exact) mass is 306 g/mol. The van der Waals surface area contributed by atoms with Crippen LogP contribution in [0.25, 0.3) is 0 Å². The molecule has 0 aliphatic heterocycles. The van der Waals surface area contributed by atoms with Gasteiger partial charge in [-0.2, -0.15) is 5.10 Å². The minimum atomic E-state index is -3.79. The highest BCUT2D eigenvalue weighted by Gasteiger charge is 2.17. The molecular weight excluding hydrogens is 299 g/mol. The molecule has 1 aromatic heterocycles. The fraction of sp³-hybridized carbons (Fsp3) is 0. The van der Waals surface area contributed by atoms with Crippen LogP contribution in [0, 0.1) is 0 Å². The third-order valence-corrected chi connectivity index (χ3v) is 4.19. The van der Waals surface area contributed by atoms with Gasteiger partial charge in [-0.15, -0.1) is 0 Å². The van der Waals surface area contributed by atoms with Crippen molar-refractivity contribution in [2.75, 3.05) is 10.5 Å². The van der Waals surface area contributed by atoms with Crippen LogP contribution >= 0.6 is 23.2 Å². The predicted octanol–water partition coefficient (Wildman–Crippen LogP) is 2.10. The Morgan fingerprint density at radius 1 is 1.28 bits per heavy atom. The quantitative estimate of drug-likeness (QED) is 0.808. The fourth-order valence-corrected chi connectivity index (χ4v) is 2.65. The van der Waals surface area contributed by atoms with Gasteiger partial charge < -0.3 is 5.73 Å². The molecule has 96 valence electrons. The third-order valence-electron chi connectivity index (χ3n) is 2.11. The lowest BCUT2D eigenvalue weighted by Gasteiger charge is -2.07. The van der Waals surface area contributed by atoms with Gasteiger partial charge >= 0.3 is 0 Å². The van der Waals surface area contributed by atoms with Crippen LogP contribution in [0.15, 0.2) is 29.3 Å². The number of hydrogen-bond acceptors (Lipinski definition) is 4. The maximum atomic E-state index is 12.0. The number of hydrogen-bond donors (Lipinski definition) is 3. The minimum absolute atomic E-state index is 0.0223. The zero-order valence-corrected chi connectivity index (χ0v) is 11.1. The Morgan fingerprint density at radius 3 is 2.56 bits per heavy atom. The summed E-state index contributed by atoms with van der Waals surface area (Å²) in [6, 6.07) is 3.98. The lowest BCUT2D eigenvalue weighted by atomic mass is 10.4. The van der Waals surface area contributed by atoms with E-state index >= 15 is 0 Å². The van der Waals surface area contributed by atoms with Crippen molar-refractivity contribution in [3.05, 3.63) is 34.4 Å². The first-order chi connectivity index (χ1) is 8.40. The summed E-state index contributed by atoms with van der Waals surface area (Å²) in [5, 5.41) is 6.46. The van der Waals surface area contributed by atoms with Gasteiger partial charge in [-0.25, -0.2) is 8.42 Å². The summed E-state index contributed by atoms with van der Waals surface area (Å²) in [6.07, 6.45) is 1.30. The molecule has 0 spiro atoms. The highest BCUT2D eigenvalue weighted by Crippen LogP contribution is 2.26. The first-order valence-corrected chi connectivity index (χ1v) is 6.91. The second kappa shape index (κ2) is 4.68. The van der Waals surface area contributed by atoms with Gasteiger partial charge in [0.2, 0.25) is 0 Å². The molecule has 0 bridgehead atoms. The number of nitrogens with one attached hydrogen (secondary N) is 2. The van der Waals surface area contributed by atoms with E-state index in [9.17, 15) is 8.42 Å². The Labute approximate surface area is 113 Å². The number of aromatic amines is 1. The molecule has 0 unspecified atom stereocenters. The van der Waals surface area contributed by atoms with Crippen LogP contribution in [0.5, 0.6) is 0 Å². The van der Waals surface area contributed by atoms with Crippen molar-refractivity contribution in [2.24, 2.45) is 0 Å². The Kier molecular flexibility index (Phi) is 3.38. The number of H-pyrrole nitrogens is 1. The van der Waals surface area contributed by atoms with Crippen LogP contribution in [0.1, 0.15) is 0 Å². The summed E-state index contributed by atoms with van der Waals surface area (Å²) >= 11 is 11.5. The van der Waals surface area contributed by atoms with Crippen LogP contribution in [-0.2, 0) is 10.0 Å². The zero-order valence-electron chi connectivity index (χ0n) is 8.81. The first-order valence-electron chi connectivity index (χ1n) is 4.67. The van der Waals surface area contributed by atoms with Crippen LogP contribution in [0.3, 0.4) is 0 Å². The number of rotatable bonds is 3.